The van der Waals surface area contributed by atoms with E-state index in [9.17, 15) is 4.79 Å². The summed E-state index contributed by atoms with van der Waals surface area (Å²) in [6.07, 6.45) is 1.65. The first kappa shape index (κ1) is 13.8. The van der Waals surface area contributed by atoms with Crippen molar-refractivity contribution in [1.82, 2.24) is 15.5 Å². The summed E-state index contributed by atoms with van der Waals surface area (Å²) in [6.45, 7) is 4.07. The van der Waals surface area contributed by atoms with Crippen molar-refractivity contribution in [3.8, 4) is 0 Å². The number of hydrogen-bond donors (Lipinski definition) is 2. The van der Waals surface area contributed by atoms with Gasteiger partial charge in [-0.3, -0.25) is 9.69 Å². The third-order valence-corrected chi connectivity index (χ3v) is 3.50. The zero-order valence-corrected chi connectivity index (χ0v) is 11.7. The average molecular weight is 263 g/mol. The Hall–Kier alpha value is -1.59. The Morgan fingerprint density at radius 3 is 2.74 bits per heavy atom. The van der Waals surface area contributed by atoms with Crippen molar-refractivity contribution in [3.05, 3.63) is 35.3 Å². The summed E-state index contributed by atoms with van der Waals surface area (Å²) in [6, 6.07) is 3.84. The van der Waals surface area contributed by atoms with Crippen molar-refractivity contribution in [2.45, 2.75) is 13.0 Å². The maximum Gasteiger partial charge on any atom is 0.247 e. The van der Waals surface area contributed by atoms with E-state index in [1.165, 1.54) is 5.57 Å². The number of furan rings is 1. The molecule has 1 atom stereocenters. The SMILES string of the molecule is CC(C(=O)NCC(c1ccco1)N(C)C)=C1CNC1. The van der Waals surface area contributed by atoms with Crippen LogP contribution in [0, 0.1) is 0 Å². The van der Waals surface area contributed by atoms with Gasteiger partial charge in [0.15, 0.2) is 0 Å². The van der Waals surface area contributed by atoms with E-state index < -0.39 is 0 Å². The van der Waals surface area contributed by atoms with E-state index in [1.807, 2.05) is 38.1 Å². The van der Waals surface area contributed by atoms with Crippen LogP contribution in [-0.4, -0.2) is 44.5 Å². The molecule has 2 N–H and O–H groups in total. The summed E-state index contributed by atoms with van der Waals surface area (Å²) in [5, 5.41) is 6.12. The first-order valence-electron chi connectivity index (χ1n) is 6.47. The van der Waals surface area contributed by atoms with Gasteiger partial charge in [0.1, 0.15) is 5.76 Å². The summed E-state index contributed by atoms with van der Waals surface area (Å²) < 4.78 is 5.41. The fourth-order valence-corrected chi connectivity index (χ4v) is 2.02. The number of hydrogen-bond acceptors (Lipinski definition) is 4. The number of carbonyl (C=O) groups is 1. The molecular formula is C14H21N3O2. The molecule has 1 aliphatic rings. The molecule has 1 aromatic heterocycles. The number of carbonyl (C=O) groups excluding carboxylic acids is 1. The van der Waals surface area contributed by atoms with Crippen molar-refractivity contribution < 1.29 is 9.21 Å². The fourth-order valence-electron chi connectivity index (χ4n) is 2.02. The summed E-state index contributed by atoms with van der Waals surface area (Å²) in [7, 11) is 3.95. The van der Waals surface area contributed by atoms with Crippen LogP contribution in [0.1, 0.15) is 18.7 Å². The quantitative estimate of drug-likeness (QED) is 0.776. The topological polar surface area (TPSA) is 57.5 Å². The van der Waals surface area contributed by atoms with Crippen LogP contribution in [0.3, 0.4) is 0 Å². The van der Waals surface area contributed by atoms with Gasteiger partial charge in [-0.2, -0.15) is 0 Å². The summed E-state index contributed by atoms with van der Waals surface area (Å²) >= 11 is 0. The number of likely N-dealkylation sites (N-methyl/N-ethyl adjacent to an activating group) is 1. The van der Waals surface area contributed by atoms with Crippen LogP contribution in [0.15, 0.2) is 34.0 Å². The van der Waals surface area contributed by atoms with Crippen molar-refractivity contribution in [1.29, 1.82) is 0 Å². The maximum atomic E-state index is 12.0. The Morgan fingerprint density at radius 2 is 2.26 bits per heavy atom. The Bertz CT molecular complexity index is 457. The Labute approximate surface area is 113 Å². The molecule has 1 amide bonds. The number of nitrogens with zero attached hydrogens (tertiary/aromatic N) is 1. The summed E-state index contributed by atoms with van der Waals surface area (Å²) in [5.74, 6) is 0.871. The second kappa shape index (κ2) is 6.04. The molecule has 1 aliphatic heterocycles. The molecule has 2 rings (SSSR count). The average Bonchev–Trinajstić information content (AvgIpc) is 2.79. The van der Waals surface area contributed by atoms with E-state index in [0.29, 0.717) is 6.54 Å². The monoisotopic (exact) mass is 263 g/mol. The van der Waals surface area contributed by atoms with Gasteiger partial charge < -0.3 is 15.1 Å². The standard InChI is InChI=1S/C14H21N3O2/c1-10(11-7-15-8-11)14(18)16-9-12(17(2)3)13-5-4-6-19-13/h4-6,12,15H,7-9H2,1-3H3,(H,16,18). The molecule has 104 valence electrons. The highest BCUT2D eigenvalue weighted by atomic mass is 16.3. The van der Waals surface area contributed by atoms with Crippen molar-refractivity contribution in [3.63, 3.8) is 0 Å². The number of amides is 1. The zero-order chi connectivity index (χ0) is 13.8. The molecule has 0 aliphatic carbocycles. The van der Waals surface area contributed by atoms with Crippen LogP contribution < -0.4 is 10.6 Å². The second-order valence-electron chi connectivity index (χ2n) is 5.04. The van der Waals surface area contributed by atoms with Crippen LogP contribution in [-0.2, 0) is 4.79 Å². The van der Waals surface area contributed by atoms with Crippen molar-refractivity contribution >= 4 is 5.91 Å². The van der Waals surface area contributed by atoms with E-state index in [1.54, 1.807) is 6.26 Å². The third-order valence-electron chi connectivity index (χ3n) is 3.50. The minimum absolute atomic E-state index is 0.00917. The van der Waals surface area contributed by atoms with Crippen LogP contribution in [0.4, 0.5) is 0 Å². The lowest BCUT2D eigenvalue weighted by Crippen LogP contribution is -2.39. The fraction of sp³-hybridized carbons (Fsp3) is 0.500. The zero-order valence-electron chi connectivity index (χ0n) is 11.7. The number of rotatable bonds is 5. The molecule has 19 heavy (non-hydrogen) atoms. The lowest BCUT2D eigenvalue weighted by atomic mass is 10.0. The molecular weight excluding hydrogens is 242 g/mol. The lowest BCUT2D eigenvalue weighted by Gasteiger charge is -2.24. The molecule has 1 unspecified atom stereocenters. The molecule has 0 aromatic carbocycles. The van der Waals surface area contributed by atoms with E-state index >= 15 is 0 Å². The predicted octanol–water partition coefficient (Wildman–Crippen LogP) is 0.918. The molecule has 1 saturated heterocycles. The van der Waals surface area contributed by atoms with Crippen molar-refractivity contribution in [2.75, 3.05) is 33.7 Å². The minimum atomic E-state index is 0.00917. The Morgan fingerprint density at radius 1 is 1.53 bits per heavy atom. The second-order valence-corrected chi connectivity index (χ2v) is 5.04. The van der Waals surface area contributed by atoms with Gasteiger partial charge in [-0.25, -0.2) is 0 Å². The smallest absolute Gasteiger partial charge is 0.247 e. The van der Waals surface area contributed by atoms with Gasteiger partial charge in [0, 0.05) is 25.2 Å². The van der Waals surface area contributed by atoms with Crippen LogP contribution >= 0.6 is 0 Å². The normalized spacial score (nSPS) is 16.1. The highest BCUT2D eigenvalue weighted by Gasteiger charge is 2.20. The first-order valence-corrected chi connectivity index (χ1v) is 6.47. The van der Waals surface area contributed by atoms with Crippen LogP contribution in [0.5, 0.6) is 0 Å². The maximum absolute atomic E-state index is 12.0. The van der Waals surface area contributed by atoms with Gasteiger partial charge in [0.05, 0.1) is 12.3 Å². The first-order chi connectivity index (χ1) is 9.09. The third kappa shape index (κ3) is 3.24. The largest absolute Gasteiger partial charge is 0.468 e. The van der Waals surface area contributed by atoms with Gasteiger partial charge in [0.25, 0.3) is 0 Å². The molecule has 0 spiro atoms. The summed E-state index contributed by atoms with van der Waals surface area (Å²) in [4.78, 5) is 14.1. The van der Waals surface area contributed by atoms with Gasteiger partial charge in [-0.1, -0.05) is 0 Å². The lowest BCUT2D eigenvalue weighted by molar-refractivity contribution is -0.117. The highest BCUT2D eigenvalue weighted by Crippen LogP contribution is 2.18. The van der Waals surface area contributed by atoms with Gasteiger partial charge in [-0.05, 0) is 38.7 Å². The molecule has 0 radical (unpaired) electrons. The Balaban J connectivity index is 1.94. The molecule has 0 bridgehead atoms. The minimum Gasteiger partial charge on any atom is -0.468 e. The van der Waals surface area contributed by atoms with E-state index in [-0.39, 0.29) is 11.9 Å². The van der Waals surface area contributed by atoms with Gasteiger partial charge in [0.2, 0.25) is 5.91 Å². The highest BCUT2D eigenvalue weighted by molar-refractivity contribution is 5.94. The molecule has 1 aromatic rings. The van der Waals surface area contributed by atoms with E-state index in [0.717, 1.165) is 24.4 Å². The predicted molar refractivity (Wildman–Crippen MR) is 73.7 cm³/mol. The molecule has 0 saturated carbocycles. The van der Waals surface area contributed by atoms with Crippen LogP contribution in [0.2, 0.25) is 0 Å². The molecule has 5 nitrogen and oxygen atoms in total. The van der Waals surface area contributed by atoms with Gasteiger partial charge in [-0.15, -0.1) is 0 Å². The number of nitrogens with one attached hydrogen (secondary N) is 2. The summed E-state index contributed by atoms with van der Waals surface area (Å²) in [5.41, 5.74) is 2.02. The van der Waals surface area contributed by atoms with E-state index in [2.05, 4.69) is 10.6 Å². The van der Waals surface area contributed by atoms with E-state index in [4.69, 9.17) is 4.42 Å². The van der Waals surface area contributed by atoms with Crippen molar-refractivity contribution in [2.24, 2.45) is 0 Å². The van der Waals surface area contributed by atoms with Crippen LogP contribution in [0.25, 0.3) is 0 Å². The molecule has 5 heteroatoms. The Kier molecular flexibility index (Phi) is 4.39. The van der Waals surface area contributed by atoms with Gasteiger partial charge >= 0.3 is 0 Å². The molecule has 2 heterocycles. The molecule has 1 fully saturated rings.